The molecule has 0 radical (unpaired) electrons. The molecule has 0 fully saturated rings. The Balaban J connectivity index is 2.53. The summed E-state index contributed by atoms with van der Waals surface area (Å²) in [5.41, 5.74) is 2.34. The molecule has 3 heteroatoms. The van der Waals surface area contributed by atoms with E-state index in [-0.39, 0.29) is 0 Å². The van der Waals surface area contributed by atoms with Gasteiger partial charge in [-0.1, -0.05) is 24.3 Å². The van der Waals surface area contributed by atoms with E-state index in [1.54, 1.807) is 0 Å². The molecule has 1 aromatic carbocycles. The predicted molar refractivity (Wildman–Crippen MR) is 68.4 cm³/mol. The van der Waals surface area contributed by atoms with Gasteiger partial charge in [0.05, 0.1) is 4.01 Å². The fraction of sp³-hybridized carbons (Fsp3) is 0. The van der Waals surface area contributed by atoms with Crippen LogP contribution in [-0.2, 0) is 4.79 Å². The van der Waals surface area contributed by atoms with Crippen LogP contribution in [-0.4, -0.2) is 19.1 Å². The standard InChI is InChI=1S/C11H9IO2/c13-11(14)8-12-6-5-9-3-1-2-4-10(9)7-12/h1-8H,(H,13,14). The van der Waals surface area contributed by atoms with Crippen molar-refractivity contribution in [2.45, 2.75) is 0 Å². The van der Waals surface area contributed by atoms with E-state index in [1.807, 2.05) is 34.4 Å². The highest BCUT2D eigenvalue weighted by Gasteiger charge is 1.99. The van der Waals surface area contributed by atoms with Crippen molar-refractivity contribution < 1.29 is 9.90 Å². The number of aliphatic carboxylic acids is 1. The summed E-state index contributed by atoms with van der Waals surface area (Å²) in [5, 5.41) is 8.64. The van der Waals surface area contributed by atoms with Crippen molar-refractivity contribution in [2.24, 2.45) is 0 Å². The number of fused-ring (bicyclic) bond motifs is 1. The Hall–Kier alpha value is -1.10. The maximum Gasteiger partial charge on any atom is 0.333 e. The van der Waals surface area contributed by atoms with Gasteiger partial charge in [0, 0.05) is 0 Å². The number of carboxylic acid groups (broad SMARTS) is 1. The Labute approximate surface area is 88.2 Å². The van der Waals surface area contributed by atoms with E-state index >= 15 is 0 Å². The molecule has 0 spiro atoms. The summed E-state index contributed by atoms with van der Waals surface area (Å²) < 4.78 is 5.59. The lowest BCUT2D eigenvalue weighted by atomic mass is 10.1. The molecule has 0 unspecified atom stereocenters. The van der Waals surface area contributed by atoms with Crippen LogP contribution in [0.5, 0.6) is 0 Å². The zero-order valence-corrected chi connectivity index (χ0v) is 9.51. The first-order valence-corrected chi connectivity index (χ1v) is 7.85. The molecular weight excluding hydrogens is 291 g/mol. The Morgan fingerprint density at radius 1 is 1.29 bits per heavy atom. The number of carboxylic acids is 1. The summed E-state index contributed by atoms with van der Waals surface area (Å²) in [5.74, 6) is -0.810. The second-order valence-electron chi connectivity index (χ2n) is 2.86. The zero-order chi connectivity index (χ0) is 9.97. The third kappa shape index (κ3) is 2.04. The van der Waals surface area contributed by atoms with Crippen LogP contribution in [0.3, 0.4) is 0 Å². The maximum absolute atomic E-state index is 10.5. The van der Waals surface area contributed by atoms with Crippen LogP contribution in [0.4, 0.5) is 0 Å². The summed E-state index contributed by atoms with van der Waals surface area (Å²) >= 11 is -1.62. The molecule has 72 valence electrons. The third-order valence-corrected chi connectivity index (χ3v) is 5.68. The number of carbonyl (C=O) groups is 1. The van der Waals surface area contributed by atoms with Gasteiger partial charge in [0.25, 0.3) is 0 Å². The Kier molecular flexibility index (Phi) is 2.67. The Morgan fingerprint density at radius 3 is 2.71 bits per heavy atom. The summed E-state index contributed by atoms with van der Waals surface area (Å²) in [6, 6.07) is 8.03. The molecule has 1 aliphatic heterocycles. The van der Waals surface area contributed by atoms with Crippen LogP contribution >= 0.6 is 18.9 Å². The van der Waals surface area contributed by atoms with Gasteiger partial charge in [-0.15, -0.1) is 18.9 Å². The molecule has 2 nitrogen and oxygen atoms in total. The fourth-order valence-electron chi connectivity index (χ4n) is 1.25. The van der Waals surface area contributed by atoms with E-state index in [2.05, 4.69) is 4.01 Å². The molecule has 0 saturated carbocycles. The molecule has 1 heterocycles. The van der Waals surface area contributed by atoms with Crippen LogP contribution in [0.2, 0.25) is 0 Å². The van der Waals surface area contributed by atoms with E-state index in [0.717, 1.165) is 5.56 Å². The molecule has 0 bridgehead atoms. The molecule has 1 aromatic rings. The van der Waals surface area contributed by atoms with Crippen molar-refractivity contribution in [1.29, 1.82) is 0 Å². The zero-order valence-electron chi connectivity index (χ0n) is 7.35. The van der Waals surface area contributed by atoms with Gasteiger partial charge in [-0.05, 0) is 25.3 Å². The van der Waals surface area contributed by atoms with Crippen molar-refractivity contribution in [3.8, 4) is 0 Å². The summed E-state index contributed by atoms with van der Waals surface area (Å²) in [6.45, 7) is 0. The molecule has 14 heavy (non-hydrogen) atoms. The average molecular weight is 300 g/mol. The molecule has 2 rings (SSSR count). The van der Waals surface area contributed by atoms with Crippen molar-refractivity contribution in [2.75, 3.05) is 0 Å². The maximum atomic E-state index is 10.5. The Bertz CT molecular complexity index is 492. The summed E-state index contributed by atoms with van der Waals surface area (Å²) in [6.07, 6.45) is 2.03. The number of hydrogen-bond donors (Lipinski definition) is 1. The van der Waals surface area contributed by atoms with Gasteiger partial charge in [0.2, 0.25) is 0 Å². The van der Waals surface area contributed by atoms with E-state index in [1.165, 1.54) is 9.58 Å². The minimum Gasteiger partial charge on any atom is -0.478 e. The molecule has 0 aliphatic carbocycles. The molecule has 0 aromatic heterocycles. The highest BCUT2D eigenvalue weighted by molar-refractivity contribution is 14.2. The number of halogens is 1. The monoisotopic (exact) mass is 300 g/mol. The van der Waals surface area contributed by atoms with Gasteiger partial charge < -0.3 is 5.11 Å². The van der Waals surface area contributed by atoms with E-state index in [4.69, 9.17) is 5.11 Å². The minimum atomic E-state index is -1.62. The first-order valence-electron chi connectivity index (χ1n) is 4.11. The SMILES string of the molecule is O=C(O)C=I1=Cc2ccccc2C=C1. The first-order chi connectivity index (χ1) is 6.75. The molecule has 1 N–H and O–H groups in total. The lowest BCUT2D eigenvalue weighted by Gasteiger charge is -2.04. The van der Waals surface area contributed by atoms with Crippen molar-refractivity contribution in [1.82, 2.24) is 0 Å². The quantitative estimate of drug-likeness (QED) is 0.808. The minimum absolute atomic E-state index is 0.810. The highest BCUT2D eigenvalue weighted by Crippen LogP contribution is 2.23. The van der Waals surface area contributed by atoms with Crippen molar-refractivity contribution in [3.63, 3.8) is 0 Å². The van der Waals surface area contributed by atoms with E-state index in [9.17, 15) is 4.79 Å². The average Bonchev–Trinajstić information content (AvgIpc) is 2.17. The van der Waals surface area contributed by atoms with Crippen LogP contribution in [0.1, 0.15) is 11.1 Å². The predicted octanol–water partition coefficient (Wildman–Crippen LogP) is 2.21. The lowest BCUT2D eigenvalue weighted by molar-refractivity contribution is -0.128. The van der Waals surface area contributed by atoms with Crippen LogP contribution in [0.15, 0.2) is 28.3 Å². The summed E-state index contributed by atoms with van der Waals surface area (Å²) in [7, 11) is 0. The Morgan fingerprint density at radius 2 is 2.00 bits per heavy atom. The topological polar surface area (TPSA) is 37.3 Å². The van der Waals surface area contributed by atoms with Crippen molar-refractivity contribution in [3.05, 3.63) is 39.5 Å². The highest BCUT2D eigenvalue weighted by atomic mass is 127. The first kappa shape index (κ1) is 9.45. The van der Waals surface area contributed by atoms with Gasteiger partial charge >= 0.3 is 5.97 Å². The number of rotatable bonds is 1. The van der Waals surface area contributed by atoms with E-state index < -0.39 is 24.8 Å². The molecule has 0 atom stereocenters. The second-order valence-corrected chi connectivity index (χ2v) is 6.98. The van der Waals surface area contributed by atoms with Gasteiger partial charge in [-0.2, -0.15) is 0 Å². The molecule has 0 saturated heterocycles. The van der Waals surface area contributed by atoms with Gasteiger partial charge in [-0.25, -0.2) is 4.79 Å². The van der Waals surface area contributed by atoms with Gasteiger partial charge in [0.1, 0.15) is 0 Å². The normalized spacial score (nSPS) is 18.7. The second kappa shape index (κ2) is 3.96. The molecular formula is C11H9IO2. The van der Waals surface area contributed by atoms with Crippen molar-refractivity contribution >= 4 is 38.9 Å². The van der Waals surface area contributed by atoms with Crippen LogP contribution < -0.4 is 0 Å². The van der Waals surface area contributed by atoms with Gasteiger partial charge in [-0.3, -0.25) is 0 Å². The third-order valence-electron chi connectivity index (χ3n) is 1.85. The van der Waals surface area contributed by atoms with Crippen LogP contribution in [0.25, 0.3) is 6.08 Å². The molecule has 0 amide bonds. The number of hydrogen-bond acceptors (Lipinski definition) is 1. The number of benzene rings is 1. The smallest absolute Gasteiger partial charge is 0.333 e. The van der Waals surface area contributed by atoms with Crippen LogP contribution in [0, 0.1) is 0 Å². The largest absolute Gasteiger partial charge is 0.478 e. The van der Waals surface area contributed by atoms with Gasteiger partial charge in [0.15, 0.2) is 0 Å². The lowest BCUT2D eigenvalue weighted by Crippen LogP contribution is -1.94. The molecule has 1 aliphatic rings. The summed E-state index contributed by atoms with van der Waals surface area (Å²) in [4.78, 5) is 10.5. The van der Waals surface area contributed by atoms with E-state index in [0.29, 0.717) is 0 Å². The fourth-order valence-corrected chi connectivity index (χ4v) is 4.61.